The molecule has 1 nitrogen and oxygen atoms in total. The Hall–Kier alpha value is -0.550. The van der Waals surface area contributed by atoms with Crippen LogP contribution in [0.1, 0.15) is 22.1 Å². The highest BCUT2D eigenvalue weighted by Crippen LogP contribution is 2.50. The first-order chi connectivity index (χ1) is 6.52. The molecular weight excluding hydrogens is 211 g/mol. The van der Waals surface area contributed by atoms with Gasteiger partial charge in [-0.3, -0.25) is 0 Å². The molecule has 14 heavy (non-hydrogen) atoms. The molecule has 0 aliphatic heterocycles. The quantitative estimate of drug-likeness (QED) is 0.816. The highest BCUT2D eigenvalue weighted by molar-refractivity contribution is 7.12. The zero-order chi connectivity index (χ0) is 10.3. The summed E-state index contributed by atoms with van der Waals surface area (Å²) in [6, 6.07) is 2.74. The Morgan fingerprint density at radius 1 is 1.43 bits per heavy atom. The zero-order valence-electron chi connectivity index (χ0n) is 7.34. The molecule has 1 aromatic rings. The number of hydrogen-bond donors (Lipinski definition) is 1. The van der Waals surface area contributed by atoms with Crippen molar-refractivity contribution in [3.05, 3.63) is 21.9 Å². The second-order valence-corrected chi connectivity index (χ2v) is 4.65. The summed E-state index contributed by atoms with van der Waals surface area (Å²) in [5.74, 6) is 0.677. The third kappa shape index (κ3) is 1.79. The first-order valence-corrected chi connectivity index (χ1v) is 5.21. The number of nitrogens with two attached hydrogens (primary N) is 1. The van der Waals surface area contributed by atoms with Crippen LogP contribution in [-0.2, 0) is 6.18 Å². The number of rotatable bonds is 2. The van der Waals surface area contributed by atoms with Crippen LogP contribution in [0.15, 0.2) is 12.1 Å². The molecule has 5 heteroatoms. The van der Waals surface area contributed by atoms with Gasteiger partial charge in [0.2, 0.25) is 0 Å². The highest BCUT2D eigenvalue weighted by Gasteiger charge is 2.40. The minimum absolute atomic E-state index is 0.279. The smallest absolute Gasteiger partial charge is 0.330 e. The second-order valence-electron chi connectivity index (χ2n) is 3.54. The van der Waals surface area contributed by atoms with Crippen molar-refractivity contribution in [2.75, 3.05) is 6.54 Å². The predicted octanol–water partition coefficient (Wildman–Crippen LogP) is 2.83. The van der Waals surface area contributed by atoms with Gasteiger partial charge in [0, 0.05) is 4.88 Å². The molecule has 2 atom stereocenters. The molecule has 0 saturated heterocycles. The van der Waals surface area contributed by atoms with E-state index in [0.717, 1.165) is 28.7 Å². The maximum atomic E-state index is 12.2. The van der Waals surface area contributed by atoms with E-state index in [9.17, 15) is 13.2 Å². The molecule has 78 valence electrons. The SMILES string of the molecule is NCC1CC1c1ccc(C(F)(F)F)s1. The molecule has 1 heterocycles. The van der Waals surface area contributed by atoms with E-state index in [1.54, 1.807) is 6.07 Å². The van der Waals surface area contributed by atoms with Crippen molar-refractivity contribution < 1.29 is 13.2 Å². The minimum Gasteiger partial charge on any atom is -0.330 e. The average molecular weight is 221 g/mol. The number of thiophene rings is 1. The van der Waals surface area contributed by atoms with Crippen molar-refractivity contribution in [3.63, 3.8) is 0 Å². The Labute approximate surface area is 83.7 Å². The van der Waals surface area contributed by atoms with E-state index in [0.29, 0.717) is 12.5 Å². The minimum atomic E-state index is -4.20. The molecule has 1 aliphatic carbocycles. The van der Waals surface area contributed by atoms with Gasteiger partial charge in [-0.2, -0.15) is 13.2 Å². The van der Waals surface area contributed by atoms with Gasteiger partial charge < -0.3 is 5.73 Å². The van der Waals surface area contributed by atoms with Gasteiger partial charge in [-0.1, -0.05) is 0 Å². The molecule has 1 aliphatic rings. The number of hydrogen-bond acceptors (Lipinski definition) is 2. The van der Waals surface area contributed by atoms with Crippen LogP contribution in [0.25, 0.3) is 0 Å². The normalized spacial score (nSPS) is 26.6. The fourth-order valence-corrected chi connectivity index (χ4v) is 2.64. The van der Waals surface area contributed by atoms with E-state index < -0.39 is 11.1 Å². The lowest BCUT2D eigenvalue weighted by Gasteiger charge is -2.00. The van der Waals surface area contributed by atoms with Crippen molar-refractivity contribution in [2.24, 2.45) is 11.7 Å². The van der Waals surface area contributed by atoms with Crippen molar-refractivity contribution in [1.82, 2.24) is 0 Å². The van der Waals surface area contributed by atoms with Crippen LogP contribution in [0.3, 0.4) is 0 Å². The van der Waals surface area contributed by atoms with E-state index in [1.807, 2.05) is 0 Å². The van der Waals surface area contributed by atoms with E-state index in [1.165, 1.54) is 0 Å². The largest absolute Gasteiger partial charge is 0.425 e. The zero-order valence-corrected chi connectivity index (χ0v) is 8.16. The molecule has 0 bridgehead atoms. The van der Waals surface area contributed by atoms with Crippen molar-refractivity contribution in [2.45, 2.75) is 18.5 Å². The fraction of sp³-hybridized carbons (Fsp3) is 0.556. The van der Waals surface area contributed by atoms with Gasteiger partial charge in [0.1, 0.15) is 4.88 Å². The Morgan fingerprint density at radius 2 is 2.14 bits per heavy atom. The lowest BCUT2D eigenvalue weighted by atomic mass is 10.2. The Kier molecular flexibility index (Phi) is 2.31. The van der Waals surface area contributed by atoms with Gasteiger partial charge in [0.15, 0.2) is 0 Å². The maximum absolute atomic E-state index is 12.2. The Bertz CT molecular complexity index is 331. The molecular formula is C9H10F3NS. The standard InChI is InChI=1S/C9H10F3NS/c10-9(11,12)8-2-1-7(14-8)6-3-5(6)4-13/h1-2,5-6H,3-4,13H2. The fourth-order valence-electron chi connectivity index (χ4n) is 1.56. The first kappa shape index (κ1) is 9.98. The molecule has 2 unspecified atom stereocenters. The topological polar surface area (TPSA) is 26.0 Å². The van der Waals surface area contributed by atoms with Gasteiger partial charge in [-0.05, 0) is 36.9 Å². The molecule has 0 spiro atoms. The van der Waals surface area contributed by atoms with Gasteiger partial charge in [-0.25, -0.2) is 0 Å². The van der Waals surface area contributed by atoms with Crippen molar-refractivity contribution in [3.8, 4) is 0 Å². The predicted molar refractivity (Wildman–Crippen MR) is 49.2 cm³/mol. The van der Waals surface area contributed by atoms with Crippen LogP contribution in [0.5, 0.6) is 0 Å². The van der Waals surface area contributed by atoms with E-state index in [2.05, 4.69) is 0 Å². The lowest BCUT2D eigenvalue weighted by molar-refractivity contribution is -0.134. The molecule has 1 saturated carbocycles. The third-order valence-electron chi connectivity index (χ3n) is 2.50. The summed E-state index contributed by atoms with van der Waals surface area (Å²) in [7, 11) is 0. The summed E-state index contributed by atoms with van der Waals surface area (Å²) in [6.07, 6.45) is -3.26. The first-order valence-electron chi connectivity index (χ1n) is 4.39. The number of alkyl halides is 3. The highest BCUT2D eigenvalue weighted by atomic mass is 32.1. The summed E-state index contributed by atoms with van der Waals surface area (Å²) in [5.41, 5.74) is 5.44. The van der Waals surface area contributed by atoms with E-state index in [-0.39, 0.29) is 5.92 Å². The third-order valence-corrected chi connectivity index (χ3v) is 3.76. The van der Waals surface area contributed by atoms with Crippen LogP contribution >= 0.6 is 11.3 Å². The molecule has 0 amide bonds. The maximum Gasteiger partial charge on any atom is 0.425 e. The van der Waals surface area contributed by atoms with Crippen molar-refractivity contribution in [1.29, 1.82) is 0 Å². The molecule has 2 N–H and O–H groups in total. The van der Waals surface area contributed by atoms with Gasteiger partial charge >= 0.3 is 6.18 Å². The van der Waals surface area contributed by atoms with Crippen LogP contribution in [-0.4, -0.2) is 6.54 Å². The van der Waals surface area contributed by atoms with E-state index >= 15 is 0 Å². The molecule has 1 aromatic heterocycles. The van der Waals surface area contributed by atoms with Gasteiger partial charge in [0.25, 0.3) is 0 Å². The molecule has 2 rings (SSSR count). The molecule has 0 radical (unpaired) electrons. The Balaban J connectivity index is 2.12. The summed E-state index contributed by atoms with van der Waals surface area (Å²) >= 11 is 0.849. The summed E-state index contributed by atoms with van der Waals surface area (Å²) in [4.78, 5) is 0.322. The average Bonchev–Trinajstić information content (AvgIpc) is 2.71. The van der Waals surface area contributed by atoms with Crippen LogP contribution in [0.4, 0.5) is 13.2 Å². The van der Waals surface area contributed by atoms with E-state index in [4.69, 9.17) is 5.73 Å². The van der Waals surface area contributed by atoms with Crippen LogP contribution in [0.2, 0.25) is 0 Å². The molecule has 0 aromatic carbocycles. The van der Waals surface area contributed by atoms with Gasteiger partial charge in [0.05, 0.1) is 0 Å². The summed E-state index contributed by atoms with van der Waals surface area (Å²) < 4.78 is 36.7. The summed E-state index contributed by atoms with van der Waals surface area (Å²) in [5, 5.41) is 0. The summed E-state index contributed by atoms with van der Waals surface area (Å²) in [6.45, 7) is 0.573. The molecule has 1 fully saturated rings. The van der Waals surface area contributed by atoms with Gasteiger partial charge in [-0.15, -0.1) is 11.3 Å². The van der Waals surface area contributed by atoms with Crippen LogP contribution < -0.4 is 5.73 Å². The Morgan fingerprint density at radius 3 is 2.57 bits per heavy atom. The second kappa shape index (κ2) is 3.24. The number of halogens is 3. The lowest BCUT2D eigenvalue weighted by Crippen LogP contribution is -2.01. The van der Waals surface area contributed by atoms with Crippen LogP contribution in [0, 0.1) is 5.92 Å². The monoisotopic (exact) mass is 221 g/mol. The van der Waals surface area contributed by atoms with Crippen molar-refractivity contribution >= 4 is 11.3 Å².